The van der Waals surface area contributed by atoms with Crippen LogP contribution in [0.2, 0.25) is 0 Å². The summed E-state index contributed by atoms with van der Waals surface area (Å²) in [7, 11) is 0. The van der Waals surface area contributed by atoms with Gasteiger partial charge in [-0.1, -0.05) is 12.1 Å². The van der Waals surface area contributed by atoms with Crippen LogP contribution in [-0.4, -0.2) is 16.9 Å². The predicted molar refractivity (Wildman–Crippen MR) is 72.4 cm³/mol. The van der Waals surface area contributed by atoms with Crippen LogP contribution in [0.3, 0.4) is 0 Å². The molecule has 0 aliphatic carbocycles. The van der Waals surface area contributed by atoms with E-state index in [-0.39, 0.29) is 17.3 Å². The first kappa shape index (κ1) is 13.8. The summed E-state index contributed by atoms with van der Waals surface area (Å²) in [6.45, 7) is 1.83. The Labute approximate surface area is 115 Å². The number of carbonyl (C=O) groups excluding carboxylic acids is 1. The van der Waals surface area contributed by atoms with Crippen molar-refractivity contribution >= 4 is 11.6 Å². The Morgan fingerprint density at radius 3 is 2.80 bits per heavy atom. The molecule has 0 saturated heterocycles. The van der Waals surface area contributed by atoms with E-state index in [4.69, 9.17) is 4.42 Å². The molecule has 0 saturated carbocycles. The van der Waals surface area contributed by atoms with Crippen molar-refractivity contribution in [2.24, 2.45) is 0 Å². The van der Waals surface area contributed by atoms with Crippen LogP contribution < -0.4 is 5.32 Å². The van der Waals surface area contributed by atoms with Crippen LogP contribution in [0, 0.1) is 10.1 Å². The van der Waals surface area contributed by atoms with E-state index in [1.165, 1.54) is 18.2 Å². The molecule has 1 unspecified atom stereocenters. The lowest BCUT2D eigenvalue weighted by Gasteiger charge is -2.12. The zero-order valence-corrected chi connectivity index (χ0v) is 10.9. The third kappa shape index (κ3) is 3.23. The van der Waals surface area contributed by atoms with E-state index >= 15 is 0 Å². The van der Waals surface area contributed by atoms with Crippen molar-refractivity contribution in [2.75, 3.05) is 0 Å². The number of nitrogens with one attached hydrogen (secondary N) is 1. The molecule has 0 aliphatic heterocycles. The van der Waals surface area contributed by atoms with Gasteiger partial charge < -0.3 is 9.73 Å². The van der Waals surface area contributed by atoms with Crippen LogP contribution in [0.15, 0.2) is 47.3 Å². The monoisotopic (exact) mass is 274 g/mol. The highest BCUT2D eigenvalue weighted by molar-refractivity contribution is 5.98. The van der Waals surface area contributed by atoms with Gasteiger partial charge in [0.15, 0.2) is 0 Å². The van der Waals surface area contributed by atoms with E-state index in [9.17, 15) is 14.9 Å². The predicted octanol–water partition coefficient (Wildman–Crippen LogP) is 2.55. The number of nitro benzene ring substituents is 1. The lowest BCUT2D eigenvalue weighted by Crippen LogP contribution is -2.34. The second kappa shape index (κ2) is 6.01. The molecular formula is C14H14N2O4. The summed E-state index contributed by atoms with van der Waals surface area (Å²) in [6.07, 6.45) is 3.77. The number of hydrogen-bond donors (Lipinski definition) is 1. The van der Waals surface area contributed by atoms with Crippen LogP contribution in [0.25, 0.3) is 0 Å². The van der Waals surface area contributed by atoms with Gasteiger partial charge >= 0.3 is 0 Å². The summed E-state index contributed by atoms with van der Waals surface area (Å²) in [5, 5.41) is 13.6. The fourth-order valence-electron chi connectivity index (χ4n) is 1.94. The van der Waals surface area contributed by atoms with Crippen molar-refractivity contribution in [2.45, 2.75) is 19.4 Å². The van der Waals surface area contributed by atoms with E-state index in [1.54, 1.807) is 18.6 Å². The number of hydrogen-bond acceptors (Lipinski definition) is 4. The normalized spacial score (nSPS) is 11.8. The molecule has 1 heterocycles. The number of rotatable bonds is 5. The van der Waals surface area contributed by atoms with E-state index < -0.39 is 10.8 Å². The SMILES string of the molecule is CC(Cc1ccoc1)NC(=O)c1ccccc1[N+](=O)[O-]. The second-order valence-electron chi connectivity index (χ2n) is 4.48. The largest absolute Gasteiger partial charge is 0.472 e. The Morgan fingerprint density at radius 1 is 1.40 bits per heavy atom. The molecule has 0 bridgehead atoms. The molecule has 2 aromatic rings. The Balaban J connectivity index is 2.06. The summed E-state index contributed by atoms with van der Waals surface area (Å²) >= 11 is 0. The molecule has 1 atom stereocenters. The zero-order valence-electron chi connectivity index (χ0n) is 10.9. The molecular weight excluding hydrogens is 260 g/mol. The maximum absolute atomic E-state index is 12.1. The smallest absolute Gasteiger partial charge is 0.282 e. The third-order valence-corrected chi connectivity index (χ3v) is 2.84. The number of nitro groups is 1. The molecule has 0 spiro atoms. The first-order chi connectivity index (χ1) is 9.58. The van der Waals surface area contributed by atoms with Crippen molar-refractivity contribution in [3.8, 4) is 0 Å². The minimum Gasteiger partial charge on any atom is -0.472 e. The Bertz CT molecular complexity index is 607. The number of furan rings is 1. The highest BCUT2D eigenvalue weighted by atomic mass is 16.6. The standard InChI is InChI=1S/C14H14N2O4/c1-10(8-11-6-7-20-9-11)15-14(17)12-4-2-3-5-13(12)16(18)19/h2-7,9-10H,8H2,1H3,(H,15,17). The van der Waals surface area contributed by atoms with Crippen LogP contribution >= 0.6 is 0 Å². The van der Waals surface area contributed by atoms with Crippen molar-refractivity contribution < 1.29 is 14.1 Å². The van der Waals surface area contributed by atoms with Gasteiger partial charge in [0.2, 0.25) is 0 Å². The van der Waals surface area contributed by atoms with E-state index in [0.29, 0.717) is 6.42 Å². The van der Waals surface area contributed by atoms with Crippen molar-refractivity contribution in [1.82, 2.24) is 5.32 Å². The first-order valence-electron chi connectivity index (χ1n) is 6.13. The molecule has 1 aromatic carbocycles. The molecule has 6 nitrogen and oxygen atoms in total. The Morgan fingerprint density at radius 2 is 2.15 bits per heavy atom. The van der Waals surface area contributed by atoms with Crippen LogP contribution in [0.1, 0.15) is 22.8 Å². The molecule has 2 rings (SSSR count). The van der Waals surface area contributed by atoms with Gasteiger partial charge in [-0.3, -0.25) is 14.9 Å². The molecule has 1 aromatic heterocycles. The average molecular weight is 274 g/mol. The van der Waals surface area contributed by atoms with Gasteiger partial charge in [0.25, 0.3) is 11.6 Å². The summed E-state index contributed by atoms with van der Waals surface area (Å²) in [6, 6.07) is 7.55. The number of carbonyl (C=O) groups is 1. The average Bonchev–Trinajstić information content (AvgIpc) is 2.91. The fourth-order valence-corrected chi connectivity index (χ4v) is 1.94. The number of benzene rings is 1. The van der Waals surface area contributed by atoms with Gasteiger partial charge in [-0.25, -0.2) is 0 Å². The molecule has 0 aliphatic rings. The maximum Gasteiger partial charge on any atom is 0.282 e. The van der Waals surface area contributed by atoms with Gasteiger partial charge in [-0.2, -0.15) is 0 Å². The minimum absolute atomic E-state index is 0.0662. The van der Waals surface area contributed by atoms with E-state index in [0.717, 1.165) is 5.56 Å². The highest BCUT2D eigenvalue weighted by Gasteiger charge is 2.20. The van der Waals surface area contributed by atoms with Crippen molar-refractivity contribution in [3.05, 3.63) is 64.1 Å². The lowest BCUT2D eigenvalue weighted by atomic mass is 10.1. The van der Waals surface area contributed by atoms with Gasteiger partial charge in [0, 0.05) is 12.1 Å². The van der Waals surface area contributed by atoms with Crippen molar-refractivity contribution in [3.63, 3.8) is 0 Å². The van der Waals surface area contributed by atoms with Crippen LogP contribution in [-0.2, 0) is 6.42 Å². The minimum atomic E-state index is -0.560. The van der Waals surface area contributed by atoms with Gasteiger partial charge in [-0.15, -0.1) is 0 Å². The summed E-state index contributed by atoms with van der Waals surface area (Å²) in [5.74, 6) is -0.451. The molecule has 6 heteroatoms. The third-order valence-electron chi connectivity index (χ3n) is 2.84. The molecule has 104 valence electrons. The zero-order chi connectivity index (χ0) is 14.5. The number of para-hydroxylation sites is 1. The van der Waals surface area contributed by atoms with Crippen LogP contribution in [0.5, 0.6) is 0 Å². The molecule has 0 radical (unpaired) electrons. The Kier molecular flexibility index (Phi) is 4.14. The van der Waals surface area contributed by atoms with E-state index in [2.05, 4.69) is 5.32 Å². The van der Waals surface area contributed by atoms with Crippen molar-refractivity contribution in [1.29, 1.82) is 0 Å². The van der Waals surface area contributed by atoms with Gasteiger partial charge in [-0.05, 0) is 31.0 Å². The first-order valence-corrected chi connectivity index (χ1v) is 6.13. The second-order valence-corrected chi connectivity index (χ2v) is 4.48. The van der Waals surface area contributed by atoms with Gasteiger partial charge in [0.05, 0.1) is 17.4 Å². The number of amides is 1. The summed E-state index contributed by atoms with van der Waals surface area (Å²) in [4.78, 5) is 22.4. The molecule has 0 fully saturated rings. The number of nitrogens with zero attached hydrogens (tertiary/aromatic N) is 1. The molecule has 1 amide bonds. The summed E-state index contributed by atoms with van der Waals surface area (Å²) < 4.78 is 4.95. The highest BCUT2D eigenvalue weighted by Crippen LogP contribution is 2.17. The molecule has 20 heavy (non-hydrogen) atoms. The van der Waals surface area contributed by atoms with Crippen LogP contribution in [0.4, 0.5) is 5.69 Å². The fraction of sp³-hybridized carbons (Fsp3) is 0.214. The molecule has 1 N–H and O–H groups in total. The quantitative estimate of drug-likeness (QED) is 0.670. The topological polar surface area (TPSA) is 85.4 Å². The Hall–Kier alpha value is -2.63. The summed E-state index contributed by atoms with van der Waals surface area (Å²) in [5.41, 5.74) is 0.831. The lowest BCUT2D eigenvalue weighted by molar-refractivity contribution is -0.385. The van der Waals surface area contributed by atoms with Gasteiger partial charge in [0.1, 0.15) is 5.56 Å². The maximum atomic E-state index is 12.1. The van der Waals surface area contributed by atoms with E-state index in [1.807, 2.05) is 13.0 Å².